The Labute approximate surface area is 165 Å². The van der Waals surface area contributed by atoms with Gasteiger partial charge in [-0.2, -0.15) is 13.2 Å². The topological polar surface area (TPSA) is 12.4 Å². The zero-order chi connectivity index (χ0) is 18.4. The quantitative estimate of drug-likeness (QED) is 0.443. The van der Waals surface area contributed by atoms with Gasteiger partial charge in [-0.1, -0.05) is 40.9 Å². The van der Waals surface area contributed by atoms with Crippen LogP contribution in [0.4, 0.5) is 13.2 Å². The third kappa shape index (κ3) is 3.57. The summed E-state index contributed by atoms with van der Waals surface area (Å²) in [5, 5.41) is 0.730. The largest absolute Gasteiger partial charge is 0.400 e. The van der Waals surface area contributed by atoms with E-state index in [1.807, 2.05) is 0 Å². The summed E-state index contributed by atoms with van der Waals surface area (Å²) in [4.78, 5) is 4.17. The molecular weight excluding hydrogens is 461 g/mol. The van der Waals surface area contributed by atoms with Crippen LogP contribution in [0, 0.1) is 0 Å². The van der Waals surface area contributed by atoms with E-state index in [0.29, 0.717) is 20.8 Å². The van der Waals surface area contributed by atoms with Crippen LogP contribution in [0.5, 0.6) is 0 Å². The lowest BCUT2D eigenvalue weighted by Gasteiger charge is -2.31. The molecule has 2 aromatic carbocycles. The molecule has 0 spiro atoms. The first-order valence-corrected chi connectivity index (χ1v) is 9.07. The summed E-state index contributed by atoms with van der Waals surface area (Å²) in [5.41, 5.74) is -1.23. The average molecular weight is 472 g/mol. The van der Waals surface area contributed by atoms with E-state index in [-0.39, 0.29) is 22.0 Å². The van der Waals surface area contributed by atoms with Crippen molar-refractivity contribution >= 4 is 56.4 Å². The Morgan fingerprint density at radius 1 is 1.00 bits per heavy atom. The molecule has 8 heteroatoms. The van der Waals surface area contributed by atoms with Crippen LogP contribution in [-0.2, 0) is 5.41 Å². The van der Waals surface area contributed by atoms with Gasteiger partial charge < -0.3 is 0 Å². The third-order valence-electron chi connectivity index (χ3n) is 4.22. The first-order chi connectivity index (χ1) is 11.6. The van der Waals surface area contributed by atoms with E-state index in [1.165, 1.54) is 18.2 Å². The molecule has 132 valence electrons. The zero-order valence-corrected chi connectivity index (χ0v) is 16.3. The number of hydrogen-bond donors (Lipinski definition) is 0. The molecule has 0 fully saturated rings. The zero-order valence-electron chi connectivity index (χ0n) is 12.5. The molecule has 0 saturated heterocycles. The SMILES string of the molecule is FC(F)(F)C1(c2cc(Cl)cc(Cl)c2)CN=C(c2ccc(Br)c(Cl)c2)C1. The summed E-state index contributed by atoms with van der Waals surface area (Å²) in [6.45, 7) is -0.420. The number of halogens is 7. The number of alkyl halides is 3. The molecule has 0 radical (unpaired) electrons. The molecule has 1 aliphatic heterocycles. The van der Waals surface area contributed by atoms with Gasteiger partial charge in [-0.05, 0) is 57.4 Å². The van der Waals surface area contributed by atoms with Gasteiger partial charge in [0.15, 0.2) is 0 Å². The maximum absolute atomic E-state index is 14.0. The maximum atomic E-state index is 14.0. The van der Waals surface area contributed by atoms with Crippen molar-refractivity contribution in [1.82, 2.24) is 0 Å². The second-order valence-electron chi connectivity index (χ2n) is 5.81. The monoisotopic (exact) mass is 469 g/mol. The molecule has 1 aliphatic rings. The van der Waals surface area contributed by atoms with Gasteiger partial charge in [0.1, 0.15) is 5.41 Å². The van der Waals surface area contributed by atoms with Crippen molar-refractivity contribution in [2.45, 2.75) is 18.0 Å². The predicted molar refractivity (Wildman–Crippen MR) is 99.4 cm³/mol. The van der Waals surface area contributed by atoms with E-state index in [9.17, 15) is 13.2 Å². The summed E-state index contributed by atoms with van der Waals surface area (Å²) in [7, 11) is 0. The molecule has 1 heterocycles. The Morgan fingerprint density at radius 2 is 1.64 bits per heavy atom. The molecule has 0 N–H and O–H groups in total. The Bertz CT molecular complexity index is 846. The van der Waals surface area contributed by atoms with Gasteiger partial charge in [0.2, 0.25) is 0 Å². The third-order valence-corrected chi connectivity index (χ3v) is 5.89. The Morgan fingerprint density at radius 3 is 2.20 bits per heavy atom. The highest BCUT2D eigenvalue weighted by atomic mass is 79.9. The van der Waals surface area contributed by atoms with Gasteiger partial charge in [0, 0.05) is 26.7 Å². The van der Waals surface area contributed by atoms with Crippen LogP contribution >= 0.6 is 50.7 Å². The molecular formula is C17H10BrCl3F3N. The van der Waals surface area contributed by atoms with Crippen LogP contribution in [0.3, 0.4) is 0 Å². The maximum Gasteiger partial charge on any atom is 0.400 e. The summed E-state index contributed by atoms with van der Waals surface area (Å²) in [6.07, 6.45) is -4.81. The van der Waals surface area contributed by atoms with Crippen LogP contribution in [0.15, 0.2) is 45.9 Å². The van der Waals surface area contributed by atoms with Crippen molar-refractivity contribution in [2.75, 3.05) is 6.54 Å². The highest BCUT2D eigenvalue weighted by molar-refractivity contribution is 9.10. The fraction of sp³-hybridized carbons (Fsp3) is 0.235. The van der Waals surface area contributed by atoms with Crippen molar-refractivity contribution in [3.05, 3.63) is 67.1 Å². The van der Waals surface area contributed by atoms with Gasteiger partial charge in [0.05, 0.1) is 11.6 Å². The van der Waals surface area contributed by atoms with Gasteiger partial charge in [-0.25, -0.2) is 0 Å². The van der Waals surface area contributed by atoms with Gasteiger partial charge in [-0.3, -0.25) is 4.99 Å². The van der Waals surface area contributed by atoms with E-state index in [0.717, 1.165) is 0 Å². The predicted octanol–water partition coefficient (Wildman–Crippen LogP) is 7.10. The minimum Gasteiger partial charge on any atom is -0.288 e. The van der Waals surface area contributed by atoms with Crippen LogP contribution in [0.25, 0.3) is 0 Å². The van der Waals surface area contributed by atoms with Gasteiger partial charge >= 0.3 is 6.18 Å². The summed E-state index contributed by atoms with van der Waals surface area (Å²) in [6, 6.07) is 8.97. The summed E-state index contributed by atoms with van der Waals surface area (Å²) in [5.74, 6) is 0. The first-order valence-electron chi connectivity index (χ1n) is 7.14. The molecule has 3 rings (SSSR count). The minimum atomic E-state index is -4.51. The van der Waals surface area contributed by atoms with Crippen LogP contribution in [0.2, 0.25) is 15.1 Å². The van der Waals surface area contributed by atoms with Crippen LogP contribution in [-0.4, -0.2) is 18.4 Å². The van der Waals surface area contributed by atoms with Crippen LogP contribution in [0.1, 0.15) is 17.5 Å². The molecule has 0 bridgehead atoms. The van der Waals surface area contributed by atoms with Crippen molar-refractivity contribution in [1.29, 1.82) is 0 Å². The standard InChI is InChI=1S/C17H10BrCl3F3N/c18-13-2-1-9(3-14(13)21)15-7-16(8-25-15,17(22,23)24)10-4-11(19)6-12(20)5-10/h1-6H,7-8H2. The Kier molecular flexibility index (Phi) is 5.15. The number of hydrogen-bond acceptors (Lipinski definition) is 1. The molecule has 1 nitrogen and oxygen atoms in total. The number of aliphatic imine (C=N–C) groups is 1. The van der Waals surface area contributed by atoms with E-state index < -0.39 is 18.1 Å². The highest BCUT2D eigenvalue weighted by Gasteiger charge is 2.58. The fourth-order valence-corrected chi connectivity index (χ4v) is 3.83. The fourth-order valence-electron chi connectivity index (χ4n) is 2.87. The lowest BCUT2D eigenvalue weighted by atomic mass is 9.76. The molecule has 25 heavy (non-hydrogen) atoms. The molecule has 0 amide bonds. The number of nitrogens with zero attached hydrogens (tertiary/aromatic N) is 1. The first kappa shape index (κ1) is 19.0. The smallest absolute Gasteiger partial charge is 0.288 e. The molecule has 0 aromatic heterocycles. The molecule has 2 aromatic rings. The summed E-state index contributed by atoms with van der Waals surface area (Å²) < 4.78 is 42.7. The van der Waals surface area contributed by atoms with Crippen molar-refractivity contribution in [2.24, 2.45) is 4.99 Å². The van der Waals surface area contributed by atoms with E-state index in [1.54, 1.807) is 18.2 Å². The van der Waals surface area contributed by atoms with Crippen molar-refractivity contribution < 1.29 is 13.2 Å². The second kappa shape index (κ2) is 6.76. The van der Waals surface area contributed by atoms with Gasteiger partial charge in [0.25, 0.3) is 0 Å². The van der Waals surface area contributed by atoms with Crippen LogP contribution < -0.4 is 0 Å². The van der Waals surface area contributed by atoms with Crippen molar-refractivity contribution in [3.8, 4) is 0 Å². The lowest BCUT2D eigenvalue weighted by Crippen LogP contribution is -2.43. The highest BCUT2D eigenvalue weighted by Crippen LogP contribution is 2.49. The second-order valence-corrected chi connectivity index (χ2v) is 7.94. The molecule has 0 saturated carbocycles. The molecule has 1 unspecified atom stereocenters. The molecule has 1 atom stereocenters. The summed E-state index contributed by atoms with van der Waals surface area (Å²) >= 11 is 21.2. The lowest BCUT2D eigenvalue weighted by molar-refractivity contribution is -0.183. The van der Waals surface area contributed by atoms with Crippen molar-refractivity contribution in [3.63, 3.8) is 0 Å². The minimum absolute atomic E-state index is 0.0134. The number of rotatable bonds is 2. The normalized spacial score (nSPS) is 20.7. The van der Waals surface area contributed by atoms with E-state index >= 15 is 0 Å². The van der Waals surface area contributed by atoms with E-state index in [4.69, 9.17) is 34.8 Å². The van der Waals surface area contributed by atoms with Gasteiger partial charge in [-0.15, -0.1) is 0 Å². The molecule has 0 aliphatic carbocycles. The number of benzene rings is 2. The van der Waals surface area contributed by atoms with E-state index in [2.05, 4.69) is 20.9 Å². The average Bonchev–Trinajstić information content (AvgIpc) is 2.95. The Balaban J connectivity index is 2.04. The Hall–Kier alpha value is -0.750.